The van der Waals surface area contributed by atoms with E-state index in [9.17, 15) is 0 Å². The summed E-state index contributed by atoms with van der Waals surface area (Å²) in [6.07, 6.45) is 0. The monoisotopic (exact) mass is 246 g/mol. The van der Waals surface area contributed by atoms with Crippen LogP contribution in [0.4, 0.5) is 0 Å². The summed E-state index contributed by atoms with van der Waals surface area (Å²) < 4.78 is 5.24. The average Bonchev–Trinajstić information content (AvgIpc) is 2.15. The van der Waals surface area contributed by atoms with E-state index in [-0.39, 0.29) is 7.93 Å². The van der Waals surface area contributed by atoms with E-state index in [1.165, 1.54) is 5.19 Å². The van der Waals surface area contributed by atoms with Gasteiger partial charge in [-0.05, 0) is 6.07 Å². The quantitative estimate of drug-likeness (QED) is 0.589. The lowest BCUT2D eigenvalue weighted by atomic mass is 10.3. The maximum atomic E-state index is 5.90. The fourth-order valence-corrected chi connectivity index (χ4v) is 3.48. The Hall–Kier alpha value is -0.0431. The molecule has 1 rings (SSSR count). The number of benzene rings is 1. The molecule has 0 aliphatic carbocycles. The van der Waals surface area contributed by atoms with Crippen LogP contribution in [0.3, 0.4) is 0 Å². The second-order valence-corrected chi connectivity index (χ2v) is 10.6. The molecule has 1 atom stereocenters. The lowest BCUT2D eigenvalue weighted by Crippen LogP contribution is -2.38. The third kappa shape index (κ3) is 2.72. The number of methoxy groups -OCH3 is 1. The molecule has 78 valence electrons. The van der Waals surface area contributed by atoms with Crippen molar-refractivity contribution in [3.05, 3.63) is 18.2 Å². The van der Waals surface area contributed by atoms with Crippen LogP contribution in [0.15, 0.2) is 18.2 Å². The first kappa shape index (κ1) is 12.0. The standard InChI is InChI=1S/C10H16ClOPSi/c1-12-9-6-5-8(14(2,3)4)7-10(9)13-11/h5-7,13H,1-4H3. The Balaban J connectivity index is 3.14. The first-order valence-electron chi connectivity index (χ1n) is 4.54. The minimum atomic E-state index is -1.23. The van der Waals surface area contributed by atoms with Gasteiger partial charge in [-0.3, -0.25) is 0 Å². The predicted octanol–water partition coefficient (Wildman–Crippen LogP) is 2.70. The highest BCUT2D eigenvalue weighted by atomic mass is 35.7. The van der Waals surface area contributed by atoms with E-state index in [2.05, 4.69) is 31.8 Å². The van der Waals surface area contributed by atoms with E-state index in [1.54, 1.807) is 7.11 Å². The molecule has 0 aliphatic heterocycles. The second-order valence-electron chi connectivity index (χ2n) is 4.26. The van der Waals surface area contributed by atoms with Gasteiger partial charge < -0.3 is 4.74 Å². The molecule has 0 heterocycles. The highest BCUT2D eigenvalue weighted by Gasteiger charge is 2.17. The summed E-state index contributed by atoms with van der Waals surface area (Å²) in [5.41, 5.74) is 0. The van der Waals surface area contributed by atoms with Crippen molar-refractivity contribution in [2.75, 3.05) is 7.11 Å². The molecular weight excluding hydrogens is 231 g/mol. The fraction of sp³-hybridized carbons (Fsp3) is 0.400. The minimum Gasteiger partial charge on any atom is -0.496 e. The van der Waals surface area contributed by atoms with E-state index in [0.29, 0.717) is 0 Å². The lowest BCUT2D eigenvalue weighted by molar-refractivity contribution is 0.418. The van der Waals surface area contributed by atoms with Crippen LogP contribution in [0.1, 0.15) is 0 Å². The van der Waals surface area contributed by atoms with Crippen LogP contribution in [-0.4, -0.2) is 15.2 Å². The van der Waals surface area contributed by atoms with Crippen LogP contribution >= 0.6 is 19.2 Å². The van der Waals surface area contributed by atoms with Gasteiger partial charge in [0.15, 0.2) is 0 Å². The summed E-state index contributed by atoms with van der Waals surface area (Å²) >= 11 is 5.90. The zero-order valence-electron chi connectivity index (χ0n) is 9.02. The Morgan fingerprint density at radius 3 is 2.36 bits per heavy atom. The van der Waals surface area contributed by atoms with Crippen molar-refractivity contribution in [3.63, 3.8) is 0 Å². The third-order valence-electron chi connectivity index (χ3n) is 2.17. The molecule has 14 heavy (non-hydrogen) atoms. The van der Waals surface area contributed by atoms with E-state index >= 15 is 0 Å². The van der Waals surface area contributed by atoms with Gasteiger partial charge in [0, 0.05) is 13.2 Å². The van der Waals surface area contributed by atoms with Crippen LogP contribution in [0.2, 0.25) is 19.6 Å². The highest BCUT2D eigenvalue weighted by molar-refractivity contribution is 7.75. The first-order chi connectivity index (χ1) is 6.49. The third-order valence-corrected chi connectivity index (χ3v) is 5.42. The zero-order chi connectivity index (χ0) is 10.8. The van der Waals surface area contributed by atoms with Crippen molar-refractivity contribution in [2.45, 2.75) is 19.6 Å². The summed E-state index contributed by atoms with van der Waals surface area (Å²) in [6, 6.07) is 6.38. The smallest absolute Gasteiger partial charge is 0.127 e. The van der Waals surface area contributed by atoms with Crippen LogP contribution in [-0.2, 0) is 0 Å². The van der Waals surface area contributed by atoms with Gasteiger partial charge in [0.1, 0.15) is 5.75 Å². The molecule has 0 saturated heterocycles. The SMILES string of the molecule is COc1ccc([Si](C)(C)C)cc1PCl. The van der Waals surface area contributed by atoms with E-state index in [4.69, 9.17) is 16.0 Å². The van der Waals surface area contributed by atoms with Crippen LogP contribution < -0.4 is 15.2 Å². The molecule has 1 nitrogen and oxygen atoms in total. The fourth-order valence-electron chi connectivity index (χ4n) is 1.25. The van der Waals surface area contributed by atoms with Crippen molar-refractivity contribution in [1.29, 1.82) is 0 Å². The van der Waals surface area contributed by atoms with Crippen LogP contribution in [0.5, 0.6) is 5.75 Å². The molecule has 1 aromatic rings. The molecule has 1 aromatic carbocycles. The van der Waals surface area contributed by atoms with E-state index in [1.807, 2.05) is 6.07 Å². The van der Waals surface area contributed by atoms with Gasteiger partial charge in [-0.25, -0.2) is 0 Å². The summed E-state index contributed by atoms with van der Waals surface area (Å²) in [4.78, 5) is 0. The van der Waals surface area contributed by atoms with Gasteiger partial charge in [0.05, 0.1) is 15.2 Å². The Kier molecular flexibility index (Phi) is 4.00. The topological polar surface area (TPSA) is 9.23 Å². The molecule has 0 amide bonds. The lowest BCUT2D eigenvalue weighted by Gasteiger charge is -2.18. The minimum absolute atomic E-state index is 0.281. The van der Waals surface area contributed by atoms with Crippen LogP contribution in [0.25, 0.3) is 0 Å². The maximum absolute atomic E-state index is 5.90. The molecule has 4 heteroatoms. The van der Waals surface area contributed by atoms with E-state index < -0.39 is 8.07 Å². The number of ether oxygens (including phenoxy) is 1. The van der Waals surface area contributed by atoms with Gasteiger partial charge in [-0.1, -0.05) is 48.2 Å². The molecule has 0 radical (unpaired) electrons. The summed E-state index contributed by atoms with van der Waals surface area (Å²) in [7, 11) is 0.739. The van der Waals surface area contributed by atoms with Gasteiger partial charge in [0.25, 0.3) is 0 Å². The van der Waals surface area contributed by atoms with Crippen LogP contribution in [0, 0.1) is 0 Å². The molecule has 0 saturated carbocycles. The van der Waals surface area contributed by atoms with Crippen molar-refractivity contribution in [1.82, 2.24) is 0 Å². The molecule has 0 fully saturated rings. The van der Waals surface area contributed by atoms with Gasteiger partial charge in [0.2, 0.25) is 0 Å². The number of halogens is 1. The number of hydrogen-bond donors (Lipinski definition) is 0. The Bertz CT molecular complexity index is 322. The molecule has 0 aliphatic rings. The first-order valence-corrected chi connectivity index (χ1v) is 10.1. The maximum Gasteiger partial charge on any atom is 0.127 e. The van der Waals surface area contributed by atoms with Crippen molar-refractivity contribution in [3.8, 4) is 5.75 Å². The van der Waals surface area contributed by atoms with Crippen molar-refractivity contribution >= 4 is 37.7 Å². The van der Waals surface area contributed by atoms with E-state index in [0.717, 1.165) is 11.1 Å². The average molecular weight is 247 g/mol. The molecule has 0 bridgehead atoms. The summed E-state index contributed by atoms with van der Waals surface area (Å²) in [5.74, 6) is 0.903. The number of hydrogen-bond acceptors (Lipinski definition) is 1. The Morgan fingerprint density at radius 2 is 1.93 bits per heavy atom. The second kappa shape index (κ2) is 4.65. The Morgan fingerprint density at radius 1 is 1.29 bits per heavy atom. The van der Waals surface area contributed by atoms with Crippen molar-refractivity contribution < 1.29 is 4.74 Å². The predicted molar refractivity (Wildman–Crippen MR) is 69.8 cm³/mol. The Labute approximate surface area is 93.4 Å². The summed E-state index contributed by atoms with van der Waals surface area (Å²) in [6.45, 7) is 6.99. The molecular formula is C10H16ClOPSi. The van der Waals surface area contributed by atoms with Gasteiger partial charge >= 0.3 is 0 Å². The molecule has 1 unspecified atom stereocenters. The molecule has 0 spiro atoms. The largest absolute Gasteiger partial charge is 0.496 e. The van der Waals surface area contributed by atoms with Gasteiger partial charge in [-0.15, -0.1) is 0 Å². The molecule has 0 N–H and O–H groups in total. The van der Waals surface area contributed by atoms with Crippen molar-refractivity contribution in [2.24, 2.45) is 0 Å². The molecule has 0 aromatic heterocycles. The van der Waals surface area contributed by atoms with Gasteiger partial charge in [-0.2, -0.15) is 0 Å². The number of rotatable bonds is 3. The summed E-state index contributed by atoms with van der Waals surface area (Å²) in [5, 5.41) is 2.55. The normalized spacial score (nSPS) is 12.4. The zero-order valence-corrected chi connectivity index (χ0v) is 11.8. The highest BCUT2D eigenvalue weighted by Crippen LogP contribution is 2.22.